The summed E-state index contributed by atoms with van der Waals surface area (Å²) < 4.78 is 0. The molecular weight excluding hydrogens is 446 g/mol. The highest BCUT2D eigenvalue weighted by Crippen LogP contribution is 2.30. The number of nitrogens with zero attached hydrogens (tertiary/aromatic N) is 2. The zero-order valence-corrected chi connectivity index (χ0v) is 19.7. The van der Waals surface area contributed by atoms with Gasteiger partial charge in [-0.1, -0.05) is 78.1 Å². The molecule has 2 amide bonds. The van der Waals surface area contributed by atoms with Gasteiger partial charge in [0.05, 0.1) is 6.04 Å². The van der Waals surface area contributed by atoms with Crippen molar-refractivity contribution in [3.8, 4) is 0 Å². The number of benzene rings is 2. The number of thiazole rings is 1. The molecule has 0 bridgehead atoms. The van der Waals surface area contributed by atoms with E-state index in [1.807, 2.05) is 72.8 Å². The van der Waals surface area contributed by atoms with Gasteiger partial charge >= 0.3 is 0 Å². The Morgan fingerprint density at radius 3 is 2.35 bits per heavy atom. The number of carbonyl (C=O) groups excluding carboxylic acids is 2. The molecule has 0 radical (unpaired) electrons. The molecule has 0 unspecified atom stereocenters. The Morgan fingerprint density at radius 2 is 1.76 bits per heavy atom. The monoisotopic (exact) mass is 475 g/mol. The molecule has 1 saturated heterocycles. The third-order valence-electron chi connectivity index (χ3n) is 6.02. The lowest BCUT2D eigenvalue weighted by molar-refractivity contribution is -0.139. The van der Waals surface area contributed by atoms with Crippen molar-refractivity contribution in [2.75, 3.05) is 18.8 Å². The van der Waals surface area contributed by atoms with Crippen LogP contribution in [0.5, 0.6) is 0 Å². The Morgan fingerprint density at radius 1 is 1.12 bits per heavy atom. The second-order valence-electron chi connectivity index (χ2n) is 8.26. The van der Waals surface area contributed by atoms with E-state index in [-0.39, 0.29) is 17.7 Å². The van der Waals surface area contributed by atoms with E-state index >= 15 is 0 Å². The molecular formula is C26H29N5O2S. The number of nitrogens with one attached hydrogen (secondary N) is 1. The second-order valence-corrected chi connectivity index (χ2v) is 9.36. The van der Waals surface area contributed by atoms with Crippen LogP contribution < -0.4 is 16.8 Å². The fourth-order valence-electron chi connectivity index (χ4n) is 4.40. The van der Waals surface area contributed by atoms with Gasteiger partial charge in [0.2, 0.25) is 11.8 Å². The smallest absolute Gasteiger partial charge is 0.243 e. The van der Waals surface area contributed by atoms with Crippen LogP contribution in [0.25, 0.3) is 6.08 Å². The molecule has 1 aromatic heterocycles. The van der Waals surface area contributed by atoms with Crippen LogP contribution in [-0.2, 0) is 9.59 Å². The Hall–Kier alpha value is -3.49. The molecule has 2 atom stereocenters. The molecule has 1 aliphatic rings. The molecule has 7 nitrogen and oxygen atoms in total. The highest BCUT2D eigenvalue weighted by atomic mass is 32.1. The third-order valence-corrected chi connectivity index (χ3v) is 6.81. The number of anilines is 1. The number of amides is 2. The maximum absolute atomic E-state index is 13.6. The molecule has 0 spiro atoms. The lowest BCUT2D eigenvalue weighted by Gasteiger charge is -2.31. The van der Waals surface area contributed by atoms with Crippen LogP contribution >= 0.6 is 11.3 Å². The average Bonchev–Trinajstić information content (AvgIpc) is 3.52. The number of nitrogens with two attached hydrogens (primary N) is 2. The fourth-order valence-corrected chi connectivity index (χ4v) is 5.01. The molecule has 4 rings (SSSR count). The molecule has 176 valence electrons. The van der Waals surface area contributed by atoms with E-state index in [1.54, 1.807) is 11.1 Å². The SMILES string of the molecule is Nc1ncc(/C=C/CNC(=O)[C@@H]2CCCN2C(=O)[C@H](N)C(c2ccccc2)c2ccccc2)s1. The molecule has 2 heterocycles. The molecule has 2 aromatic carbocycles. The summed E-state index contributed by atoms with van der Waals surface area (Å²) in [5, 5.41) is 3.41. The first kappa shape index (κ1) is 23.7. The minimum Gasteiger partial charge on any atom is -0.375 e. The number of hydrogen-bond acceptors (Lipinski definition) is 6. The van der Waals surface area contributed by atoms with Crippen molar-refractivity contribution in [3.63, 3.8) is 0 Å². The predicted octanol–water partition coefficient (Wildman–Crippen LogP) is 3.01. The van der Waals surface area contributed by atoms with Gasteiger partial charge in [0, 0.05) is 30.1 Å². The van der Waals surface area contributed by atoms with E-state index < -0.39 is 12.1 Å². The molecule has 0 aliphatic carbocycles. The first-order valence-electron chi connectivity index (χ1n) is 11.4. The van der Waals surface area contributed by atoms with Crippen LogP contribution in [0, 0.1) is 0 Å². The highest BCUT2D eigenvalue weighted by Gasteiger charge is 2.39. The van der Waals surface area contributed by atoms with Crippen molar-refractivity contribution in [1.29, 1.82) is 0 Å². The van der Waals surface area contributed by atoms with Crippen LogP contribution in [0.3, 0.4) is 0 Å². The van der Waals surface area contributed by atoms with Crippen LogP contribution in [0.2, 0.25) is 0 Å². The van der Waals surface area contributed by atoms with E-state index in [0.29, 0.717) is 24.6 Å². The summed E-state index contributed by atoms with van der Waals surface area (Å²) >= 11 is 1.38. The zero-order chi connectivity index (χ0) is 23.9. The van der Waals surface area contributed by atoms with Gasteiger partial charge in [0.1, 0.15) is 6.04 Å². The van der Waals surface area contributed by atoms with Crippen LogP contribution in [0.4, 0.5) is 5.13 Å². The number of aromatic nitrogens is 1. The minimum atomic E-state index is -0.796. The van der Waals surface area contributed by atoms with Gasteiger partial charge in [-0.25, -0.2) is 4.98 Å². The summed E-state index contributed by atoms with van der Waals surface area (Å²) in [6.45, 7) is 0.884. The summed E-state index contributed by atoms with van der Waals surface area (Å²) in [6, 6.07) is 18.3. The molecule has 1 aliphatic heterocycles. The normalized spacial score (nSPS) is 16.8. The van der Waals surface area contributed by atoms with Gasteiger partial charge in [-0.2, -0.15) is 0 Å². The minimum absolute atomic E-state index is 0.164. The van der Waals surface area contributed by atoms with Crippen LogP contribution in [0.1, 0.15) is 34.8 Å². The number of likely N-dealkylation sites (tertiary alicyclic amines) is 1. The standard InChI is InChI=1S/C26H29N5O2S/c27-23(22(18-9-3-1-4-10-18)19-11-5-2-6-12-19)25(33)31-16-8-14-21(31)24(32)29-15-7-13-20-17-30-26(28)34-20/h1-7,9-13,17,21-23H,8,14-16,27H2,(H2,28,30)(H,29,32)/b13-7+/t21-,23+/m0/s1. The maximum Gasteiger partial charge on any atom is 0.243 e. The van der Waals surface area contributed by atoms with Gasteiger partial charge < -0.3 is 21.7 Å². The highest BCUT2D eigenvalue weighted by molar-refractivity contribution is 7.16. The molecule has 34 heavy (non-hydrogen) atoms. The summed E-state index contributed by atoms with van der Waals surface area (Å²) in [5.41, 5.74) is 14.2. The van der Waals surface area contributed by atoms with Crippen LogP contribution in [-0.4, -0.2) is 46.9 Å². The number of hydrogen-bond donors (Lipinski definition) is 3. The second kappa shape index (κ2) is 11.1. The van der Waals surface area contributed by atoms with Crippen molar-refractivity contribution in [3.05, 3.63) is 88.9 Å². The van der Waals surface area contributed by atoms with E-state index in [4.69, 9.17) is 11.5 Å². The van der Waals surface area contributed by atoms with Crippen LogP contribution in [0.15, 0.2) is 72.9 Å². The summed E-state index contributed by atoms with van der Waals surface area (Å²) in [4.78, 5) is 33.0. The Balaban J connectivity index is 1.44. The first-order chi connectivity index (χ1) is 16.5. The Bertz CT molecular complexity index is 1090. The average molecular weight is 476 g/mol. The van der Waals surface area contributed by atoms with Crippen molar-refractivity contribution < 1.29 is 9.59 Å². The van der Waals surface area contributed by atoms with Gasteiger partial charge in [0.25, 0.3) is 0 Å². The summed E-state index contributed by atoms with van der Waals surface area (Å²) in [5.74, 6) is -0.664. The van der Waals surface area contributed by atoms with E-state index in [9.17, 15) is 9.59 Å². The van der Waals surface area contributed by atoms with Gasteiger partial charge in [-0.05, 0) is 30.0 Å². The quantitative estimate of drug-likeness (QED) is 0.463. The fraction of sp³-hybridized carbons (Fsp3) is 0.269. The van der Waals surface area contributed by atoms with Crippen molar-refractivity contribution in [1.82, 2.24) is 15.2 Å². The molecule has 3 aromatic rings. The first-order valence-corrected chi connectivity index (χ1v) is 12.2. The zero-order valence-electron chi connectivity index (χ0n) is 18.8. The van der Waals surface area contributed by atoms with E-state index in [1.165, 1.54) is 11.3 Å². The number of nitrogen functional groups attached to an aromatic ring is 1. The van der Waals surface area contributed by atoms with Gasteiger partial charge in [-0.15, -0.1) is 0 Å². The Labute approximate surface area is 203 Å². The van der Waals surface area contributed by atoms with Crippen molar-refractivity contribution >= 4 is 34.4 Å². The van der Waals surface area contributed by atoms with Crippen molar-refractivity contribution in [2.24, 2.45) is 5.73 Å². The number of carbonyl (C=O) groups is 2. The molecule has 1 fully saturated rings. The molecule has 5 N–H and O–H groups in total. The predicted molar refractivity (Wildman–Crippen MR) is 136 cm³/mol. The van der Waals surface area contributed by atoms with E-state index in [0.717, 1.165) is 22.4 Å². The topological polar surface area (TPSA) is 114 Å². The van der Waals surface area contributed by atoms with Gasteiger partial charge in [0.15, 0.2) is 5.13 Å². The molecule has 8 heteroatoms. The van der Waals surface area contributed by atoms with Gasteiger partial charge in [-0.3, -0.25) is 9.59 Å². The largest absolute Gasteiger partial charge is 0.375 e. The molecule has 0 saturated carbocycles. The Kier molecular flexibility index (Phi) is 7.72. The third kappa shape index (κ3) is 5.52. The van der Waals surface area contributed by atoms with E-state index in [2.05, 4.69) is 10.3 Å². The lowest BCUT2D eigenvalue weighted by Crippen LogP contribution is -2.53. The summed E-state index contributed by atoms with van der Waals surface area (Å²) in [6.07, 6.45) is 6.80. The maximum atomic E-state index is 13.6. The summed E-state index contributed by atoms with van der Waals surface area (Å²) in [7, 11) is 0. The lowest BCUT2D eigenvalue weighted by atomic mass is 9.84. The number of rotatable bonds is 8. The van der Waals surface area contributed by atoms with Crippen molar-refractivity contribution in [2.45, 2.75) is 30.8 Å².